The second-order valence-corrected chi connectivity index (χ2v) is 9.29. The summed E-state index contributed by atoms with van der Waals surface area (Å²) in [6.07, 6.45) is 5.11. The lowest BCUT2D eigenvalue weighted by atomic mass is 10.1. The fraction of sp³-hybridized carbons (Fsp3) is 0.182. The molecule has 0 radical (unpaired) electrons. The van der Waals surface area contributed by atoms with Crippen LogP contribution in [0.3, 0.4) is 0 Å². The van der Waals surface area contributed by atoms with Gasteiger partial charge in [0.05, 0.1) is 10.6 Å². The molecule has 2 aromatic carbocycles. The molecule has 30 heavy (non-hydrogen) atoms. The molecule has 8 heteroatoms. The maximum Gasteiger partial charge on any atom is 0.240 e. The summed E-state index contributed by atoms with van der Waals surface area (Å²) in [4.78, 5) is 4.62. The minimum atomic E-state index is -3.56. The van der Waals surface area contributed by atoms with Crippen molar-refractivity contribution in [2.75, 3.05) is 6.54 Å². The van der Waals surface area contributed by atoms with Gasteiger partial charge in [0.1, 0.15) is 0 Å². The van der Waals surface area contributed by atoms with Crippen molar-refractivity contribution in [1.29, 1.82) is 0 Å². The molecule has 0 unspecified atom stereocenters. The standard InChI is InChI=1S/C22H21ClN4O2S/c1-16-13-22-24-14-17(15-27(22)26-16)3-2-12-25-30(28,29)21-10-6-19(7-11-21)18-4-8-20(23)9-5-18/h4-11,13-15,25H,2-3,12H2,1H3. The van der Waals surface area contributed by atoms with Gasteiger partial charge in [-0.15, -0.1) is 0 Å². The van der Waals surface area contributed by atoms with Gasteiger partial charge in [0.2, 0.25) is 10.0 Å². The molecule has 4 aromatic rings. The molecular weight excluding hydrogens is 420 g/mol. The monoisotopic (exact) mass is 440 g/mol. The van der Waals surface area contributed by atoms with Crippen molar-refractivity contribution in [2.24, 2.45) is 0 Å². The van der Waals surface area contributed by atoms with Gasteiger partial charge in [-0.1, -0.05) is 35.9 Å². The Morgan fingerprint density at radius 3 is 2.40 bits per heavy atom. The first kappa shape index (κ1) is 20.5. The maximum absolute atomic E-state index is 12.6. The predicted molar refractivity (Wildman–Crippen MR) is 118 cm³/mol. The third-order valence-electron chi connectivity index (χ3n) is 4.77. The summed E-state index contributed by atoms with van der Waals surface area (Å²) in [5.41, 5.74) is 4.64. The molecule has 6 nitrogen and oxygen atoms in total. The van der Waals surface area contributed by atoms with Crippen LogP contribution >= 0.6 is 11.6 Å². The Morgan fingerprint density at radius 2 is 1.70 bits per heavy atom. The number of aryl methyl sites for hydroxylation is 2. The van der Waals surface area contributed by atoms with Gasteiger partial charge in [0.25, 0.3) is 0 Å². The smallest absolute Gasteiger partial charge is 0.237 e. The highest BCUT2D eigenvalue weighted by atomic mass is 35.5. The number of sulfonamides is 1. The molecule has 0 amide bonds. The summed E-state index contributed by atoms with van der Waals surface area (Å²) in [6.45, 7) is 2.27. The number of halogens is 1. The Hall–Kier alpha value is -2.74. The first-order chi connectivity index (χ1) is 14.4. The van der Waals surface area contributed by atoms with Crippen LogP contribution < -0.4 is 4.72 Å². The van der Waals surface area contributed by atoms with Crippen LogP contribution in [0.15, 0.2) is 71.9 Å². The molecular formula is C22H21ClN4O2S. The number of aromatic nitrogens is 3. The Bertz CT molecular complexity index is 1270. The molecule has 0 aliphatic rings. The zero-order valence-electron chi connectivity index (χ0n) is 16.4. The van der Waals surface area contributed by atoms with Crippen LogP contribution in [-0.4, -0.2) is 29.6 Å². The number of hydrogen-bond acceptors (Lipinski definition) is 4. The molecule has 154 valence electrons. The van der Waals surface area contributed by atoms with Gasteiger partial charge in [0, 0.05) is 30.0 Å². The van der Waals surface area contributed by atoms with E-state index in [4.69, 9.17) is 11.6 Å². The Kier molecular flexibility index (Phi) is 5.85. The summed E-state index contributed by atoms with van der Waals surface area (Å²) in [5.74, 6) is 0. The van der Waals surface area contributed by atoms with Gasteiger partial charge in [0.15, 0.2) is 5.65 Å². The molecule has 0 aliphatic carbocycles. The van der Waals surface area contributed by atoms with Crippen molar-refractivity contribution in [2.45, 2.75) is 24.7 Å². The minimum Gasteiger partial charge on any atom is -0.237 e. The highest BCUT2D eigenvalue weighted by molar-refractivity contribution is 7.89. The van der Waals surface area contributed by atoms with Crippen LogP contribution in [-0.2, 0) is 16.4 Å². The van der Waals surface area contributed by atoms with Crippen molar-refractivity contribution < 1.29 is 8.42 Å². The van der Waals surface area contributed by atoms with E-state index in [0.29, 0.717) is 24.4 Å². The average molecular weight is 441 g/mol. The van der Waals surface area contributed by atoms with E-state index >= 15 is 0 Å². The van der Waals surface area contributed by atoms with Crippen LogP contribution in [0.1, 0.15) is 17.7 Å². The van der Waals surface area contributed by atoms with Crippen LogP contribution in [0.4, 0.5) is 0 Å². The number of nitrogens with one attached hydrogen (secondary N) is 1. The van der Waals surface area contributed by atoms with Crippen molar-refractivity contribution in [3.8, 4) is 11.1 Å². The van der Waals surface area contributed by atoms with Gasteiger partial charge in [-0.05, 0) is 60.7 Å². The minimum absolute atomic E-state index is 0.246. The number of benzene rings is 2. The number of hydrogen-bond donors (Lipinski definition) is 1. The summed E-state index contributed by atoms with van der Waals surface area (Å²) in [7, 11) is -3.56. The predicted octanol–water partition coefficient (Wildman–Crippen LogP) is 4.27. The molecule has 2 heterocycles. The molecule has 0 saturated heterocycles. The van der Waals surface area contributed by atoms with E-state index in [9.17, 15) is 8.42 Å². The number of rotatable bonds is 7. The van der Waals surface area contributed by atoms with Gasteiger partial charge in [-0.3, -0.25) is 0 Å². The van der Waals surface area contributed by atoms with Gasteiger partial charge in [-0.2, -0.15) is 5.10 Å². The van der Waals surface area contributed by atoms with Gasteiger partial charge < -0.3 is 0 Å². The van der Waals surface area contributed by atoms with E-state index in [0.717, 1.165) is 28.0 Å². The lowest BCUT2D eigenvalue weighted by molar-refractivity contribution is 0.579. The van der Waals surface area contributed by atoms with Crippen LogP contribution in [0, 0.1) is 6.92 Å². The number of fused-ring (bicyclic) bond motifs is 1. The molecule has 0 saturated carbocycles. The van der Waals surface area contributed by atoms with Crippen molar-refractivity contribution in [3.05, 3.63) is 83.3 Å². The molecule has 0 fully saturated rings. The van der Waals surface area contributed by atoms with Gasteiger partial charge >= 0.3 is 0 Å². The lowest BCUT2D eigenvalue weighted by Crippen LogP contribution is -2.25. The molecule has 1 N–H and O–H groups in total. The van der Waals surface area contributed by atoms with E-state index in [2.05, 4.69) is 14.8 Å². The highest BCUT2D eigenvalue weighted by Gasteiger charge is 2.13. The molecule has 2 aromatic heterocycles. The largest absolute Gasteiger partial charge is 0.240 e. The average Bonchev–Trinajstić information content (AvgIpc) is 3.11. The number of nitrogens with zero attached hydrogens (tertiary/aromatic N) is 3. The molecule has 0 aliphatic heterocycles. The van der Waals surface area contributed by atoms with Crippen molar-refractivity contribution in [3.63, 3.8) is 0 Å². The van der Waals surface area contributed by atoms with Crippen LogP contribution in [0.25, 0.3) is 16.8 Å². The summed E-state index contributed by atoms with van der Waals surface area (Å²) in [5, 5.41) is 5.01. The van der Waals surface area contributed by atoms with E-state index in [-0.39, 0.29) is 4.90 Å². The third-order valence-corrected chi connectivity index (χ3v) is 6.49. The van der Waals surface area contributed by atoms with Crippen LogP contribution in [0.5, 0.6) is 0 Å². The van der Waals surface area contributed by atoms with Gasteiger partial charge in [-0.25, -0.2) is 22.6 Å². The molecule has 0 atom stereocenters. The second-order valence-electron chi connectivity index (χ2n) is 7.08. The molecule has 0 bridgehead atoms. The van der Waals surface area contributed by atoms with E-state index < -0.39 is 10.0 Å². The van der Waals surface area contributed by atoms with E-state index in [1.54, 1.807) is 35.0 Å². The van der Waals surface area contributed by atoms with Crippen molar-refractivity contribution in [1.82, 2.24) is 19.3 Å². The summed E-state index contributed by atoms with van der Waals surface area (Å²) < 4.78 is 29.5. The Balaban J connectivity index is 1.34. The van der Waals surface area contributed by atoms with Crippen LogP contribution in [0.2, 0.25) is 5.02 Å². The second kappa shape index (κ2) is 8.55. The third kappa shape index (κ3) is 4.70. The zero-order chi connectivity index (χ0) is 21.1. The normalized spacial score (nSPS) is 11.8. The molecule has 0 spiro atoms. The Labute approximate surface area is 180 Å². The summed E-state index contributed by atoms with van der Waals surface area (Å²) in [6, 6.07) is 16.2. The van der Waals surface area contributed by atoms with E-state index in [1.165, 1.54) is 0 Å². The first-order valence-electron chi connectivity index (χ1n) is 9.57. The fourth-order valence-electron chi connectivity index (χ4n) is 3.21. The van der Waals surface area contributed by atoms with Crippen molar-refractivity contribution >= 4 is 27.3 Å². The SMILES string of the molecule is Cc1cc2ncc(CCCNS(=O)(=O)c3ccc(-c4ccc(Cl)cc4)cc3)cn2n1. The quantitative estimate of drug-likeness (QED) is 0.435. The zero-order valence-corrected chi connectivity index (χ0v) is 18.0. The fourth-order valence-corrected chi connectivity index (χ4v) is 4.41. The maximum atomic E-state index is 12.6. The van der Waals surface area contributed by atoms with E-state index in [1.807, 2.05) is 43.5 Å². The highest BCUT2D eigenvalue weighted by Crippen LogP contribution is 2.23. The first-order valence-corrected chi connectivity index (χ1v) is 11.4. The molecule has 4 rings (SSSR count). The topological polar surface area (TPSA) is 76.4 Å². The lowest BCUT2D eigenvalue weighted by Gasteiger charge is -2.08. The summed E-state index contributed by atoms with van der Waals surface area (Å²) >= 11 is 5.92. The Morgan fingerprint density at radius 1 is 1.03 bits per heavy atom.